The number of anilines is 1. The maximum atomic E-state index is 12.9. The summed E-state index contributed by atoms with van der Waals surface area (Å²) >= 11 is 3.73. The Hall–Kier alpha value is -0.280. The first-order valence-electron chi connectivity index (χ1n) is 4.72. The maximum absolute atomic E-state index is 12.9. The first-order valence-corrected chi connectivity index (χ1v) is 8.32. The fraction of sp³-hybridized carbons (Fsp3) is 0.222. The first-order chi connectivity index (χ1) is 8.95. The second kappa shape index (κ2) is 6.23. The average molecular weight is 533 g/mol. The molecule has 0 heterocycles. The monoisotopic (exact) mass is 533 g/mol. The van der Waals surface area contributed by atoms with Gasteiger partial charge in [-0.05, 0) is 57.3 Å². The SMILES string of the molecule is Nc1c(I)cc(I)cc1C(=O)OCC(F)(F)S(=O)(=O)O. The third kappa shape index (κ3) is 4.11. The number of esters is 1. The fourth-order valence-corrected chi connectivity index (χ4v) is 3.11. The van der Waals surface area contributed by atoms with Gasteiger partial charge in [0, 0.05) is 7.14 Å². The lowest BCUT2D eigenvalue weighted by Gasteiger charge is -2.14. The van der Waals surface area contributed by atoms with E-state index in [9.17, 15) is 22.0 Å². The number of halogens is 4. The van der Waals surface area contributed by atoms with Gasteiger partial charge in [0.1, 0.15) is 0 Å². The lowest BCUT2D eigenvalue weighted by molar-refractivity contribution is -0.00944. The molecule has 0 saturated carbocycles. The smallest absolute Gasteiger partial charge is 0.402 e. The van der Waals surface area contributed by atoms with E-state index in [-0.39, 0.29) is 11.3 Å². The topological polar surface area (TPSA) is 107 Å². The molecular formula is C9H7F2I2NO5S. The van der Waals surface area contributed by atoms with Crippen LogP contribution >= 0.6 is 45.2 Å². The highest BCUT2D eigenvalue weighted by Crippen LogP contribution is 2.25. The molecule has 20 heavy (non-hydrogen) atoms. The molecule has 0 aliphatic carbocycles. The van der Waals surface area contributed by atoms with E-state index in [4.69, 9.17) is 10.3 Å². The molecule has 0 fully saturated rings. The van der Waals surface area contributed by atoms with Crippen molar-refractivity contribution in [1.82, 2.24) is 0 Å². The third-order valence-electron chi connectivity index (χ3n) is 2.06. The molecule has 0 aromatic heterocycles. The summed E-state index contributed by atoms with van der Waals surface area (Å²) < 4.78 is 60.2. The number of rotatable bonds is 4. The van der Waals surface area contributed by atoms with Crippen LogP contribution in [0.2, 0.25) is 0 Å². The number of nitrogens with two attached hydrogens (primary N) is 1. The molecule has 1 aromatic carbocycles. The standard InChI is InChI=1S/C9H7F2I2NO5S/c10-9(11,20(16,17)18)3-19-8(15)5-1-4(12)2-6(13)7(5)14/h1-2H,3,14H2,(H,16,17,18). The summed E-state index contributed by atoms with van der Waals surface area (Å²) in [6.07, 6.45) is 0. The lowest BCUT2D eigenvalue weighted by atomic mass is 10.2. The van der Waals surface area contributed by atoms with Crippen LogP contribution in [0.3, 0.4) is 0 Å². The highest BCUT2D eigenvalue weighted by Gasteiger charge is 2.45. The quantitative estimate of drug-likeness (QED) is 0.266. The minimum atomic E-state index is -5.65. The van der Waals surface area contributed by atoms with Crippen LogP contribution in [0.1, 0.15) is 10.4 Å². The Labute approximate surface area is 140 Å². The van der Waals surface area contributed by atoms with Gasteiger partial charge in [-0.1, -0.05) is 0 Å². The lowest BCUT2D eigenvalue weighted by Crippen LogP contribution is -2.34. The van der Waals surface area contributed by atoms with Gasteiger partial charge in [0.2, 0.25) is 0 Å². The molecule has 0 unspecified atom stereocenters. The number of benzene rings is 1. The third-order valence-corrected chi connectivity index (χ3v) is 4.45. The number of hydrogen-bond acceptors (Lipinski definition) is 5. The summed E-state index contributed by atoms with van der Waals surface area (Å²) in [5, 5.41) is -4.58. The van der Waals surface area contributed by atoms with Crippen LogP contribution in [0.25, 0.3) is 0 Å². The van der Waals surface area contributed by atoms with Gasteiger partial charge in [0.15, 0.2) is 6.61 Å². The van der Waals surface area contributed by atoms with Gasteiger partial charge in [-0.2, -0.15) is 17.2 Å². The van der Waals surface area contributed by atoms with Crippen molar-refractivity contribution in [2.24, 2.45) is 0 Å². The maximum Gasteiger partial charge on any atom is 0.402 e. The summed E-state index contributed by atoms with van der Waals surface area (Å²) in [6.45, 7) is -1.80. The molecule has 1 rings (SSSR count). The normalized spacial score (nSPS) is 12.2. The minimum Gasteiger partial charge on any atom is -0.454 e. The van der Waals surface area contributed by atoms with Crippen molar-refractivity contribution < 1.29 is 31.3 Å². The van der Waals surface area contributed by atoms with E-state index in [2.05, 4.69) is 4.74 Å². The molecule has 0 aliphatic heterocycles. The van der Waals surface area contributed by atoms with Gasteiger partial charge in [0.05, 0.1) is 11.3 Å². The molecular weight excluding hydrogens is 526 g/mol. The van der Waals surface area contributed by atoms with Crippen molar-refractivity contribution in [3.63, 3.8) is 0 Å². The summed E-state index contributed by atoms with van der Waals surface area (Å²) in [6, 6.07) is 2.96. The van der Waals surface area contributed by atoms with Crippen LogP contribution in [-0.4, -0.2) is 30.8 Å². The van der Waals surface area contributed by atoms with Crippen molar-refractivity contribution >= 4 is 67.0 Å². The Bertz CT molecular complexity index is 650. The molecule has 0 radical (unpaired) electrons. The van der Waals surface area contributed by atoms with Gasteiger partial charge in [-0.15, -0.1) is 0 Å². The Balaban J connectivity index is 2.94. The number of nitrogen functional groups attached to an aromatic ring is 1. The highest BCUT2D eigenvalue weighted by molar-refractivity contribution is 14.1. The minimum absolute atomic E-state index is 0.0335. The first kappa shape index (κ1) is 17.8. The molecule has 0 bridgehead atoms. The summed E-state index contributed by atoms with van der Waals surface area (Å²) in [5.41, 5.74) is 5.48. The predicted molar refractivity (Wildman–Crippen MR) is 83.1 cm³/mol. The second-order valence-electron chi connectivity index (χ2n) is 3.54. The molecule has 1 aromatic rings. The van der Waals surface area contributed by atoms with Crippen molar-refractivity contribution in [3.8, 4) is 0 Å². The Morgan fingerprint density at radius 1 is 1.40 bits per heavy atom. The van der Waals surface area contributed by atoms with Crippen LogP contribution in [-0.2, 0) is 14.9 Å². The number of alkyl halides is 2. The van der Waals surface area contributed by atoms with E-state index in [1.165, 1.54) is 6.07 Å². The van der Waals surface area contributed by atoms with Crippen molar-refractivity contribution in [3.05, 3.63) is 24.8 Å². The molecule has 6 nitrogen and oxygen atoms in total. The van der Waals surface area contributed by atoms with E-state index >= 15 is 0 Å². The summed E-state index contributed by atoms with van der Waals surface area (Å²) in [5.74, 6) is -1.21. The van der Waals surface area contributed by atoms with E-state index in [1.807, 2.05) is 45.2 Å². The molecule has 0 aliphatic rings. The Kier molecular flexibility index (Phi) is 5.53. The molecule has 112 valence electrons. The molecule has 11 heteroatoms. The van der Waals surface area contributed by atoms with E-state index < -0.39 is 27.9 Å². The van der Waals surface area contributed by atoms with Crippen LogP contribution in [0.15, 0.2) is 12.1 Å². The number of carbonyl (C=O) groups excluding carboxylic acids is 1. The molecule has 0 spiro atoms. The number of hydrogen-bond donors (Lipinski definition) is 2. The summed E-state index contributed by atoms with van der Waals surface area (Å²) in [4.78, 5) is 11.6. The zero-order valence-electron chi connectivity index (χ0n) is 9.44. The van der Waals surface area contributed by atoms with Crippen molar-refractivity contribution in [2.45, 2.75) is 5.25 Å². The largest absolute Gasteiger partial charge is 0.454 e. The van der Waals surface area contributed by atoms with E-state index in [0.29, 0.717) is 7.14 Å². The van der Waals surface area contributed by atoms with E-state index in [1.54, 1.807) is 6.07 Å². The van der Waals surface area contributed by atoms with Crippen LogP contribution in [0.5, 0.6) is 0 Å². The van der Waals surface area contributed by atoms with Gasteiger partial charge in [0.25, 0.3) is 0 Å². The van der Waals surface area contributed by atoms with Crippen LogP contribution in [0.4, 0.5) is 14.5 Å². The van der Waals surface area contributed by atoms with Gasteiger partial charge >= 0.3 is 21.3 Å². The van der Waals surface area contributed by atoms with Gasteiger partial charge in [-0.25, -0.2) is 4.79 Å². The molecule has 0 saturated heterocycles. The molecule has 0 atom stereocenters. The average Bonchev–Trinajstić information content (AvgIpc) is 2.29. The fourth-order valence-electron chi connectivity index (χ4n) is 1.06. The van der Waals surface area contributed by atoms with Crippen LogP contribution < -0.4 is 5.73 Å². The second-order valence-corrected chi connectivity index (χ2v) is 7.49. The highest BCUT2D eigenvalue weighted by atomic mass is 127. The Morgan fingerprint density at radius 3 is 2.45 bits per heavy atom. The van der Waals surface area contributed by atoms with Crippen molar-refractivity contribution in [1.29, 1.82) is 0 Å². The van der Waals surface area contributed by atoms with Crippen molar-refractivity contribution in [2.75, 3.05) is 12.3 Å². The van der Waals surface area contributed by atoms with Gasteiger partial charge in [-0.3, -0.25) is 4.55 Å². The van der Waals surface area contributed by atoms with Crippen LogP contribution in [0, 0.1) is 7.14 Å². The number of ether oxygens (including phenoxy) is 1. The Morgan fingerprint density at radius 2 is 1.95 bits per heavy atom. The number of carbonyl (C=O) groups is 1. The summed E-state index contributed by atoms with van der Waals surface area (Å²) in [7, 11) is -5.65. The van der Waals surface area contributed by atoms with Gasteiger partial charge < -0.3 is 10.5 Å². The molecule has 3 N–H and O–H groups in total. The van der Waals surface area contributed by atoms with E-state index in [0.717, 1.165) is 0 Å². The molecule has 0 amide bonds. The zero-order valence-corrected chi connectivity index (χ0v) is 14.6. The zero-order chi connectivity index (χ0) is 15.7. The predicted octanol–water partition coefficient (Wildman–Crippen LogP) is 2.12.